The van der Waals surface area contributed by atoms with Gasteiger partial charge in [-0.15, -0.1) is 0 Å². The number of aromatic nitrogens is 1. The first kappa shape index (κ1) is 7.61. The standard InChI is InChI=1S/C7H9BClN/c1-5-3-6(8-2)7(9)10-4-5/h3-4,8H,1-2H3. The van der Waals surface area contributed by atoms with Gasteiger partial charge in [0.15, 0.2) is 7.28 Å². The number of aryl methyl sites for hydroxylation is 1. The molecule has 0 aliphatic rings. The van der Waals surface area contributed by atoms with Crippen molar-refractivity contribution < 1.29 is 0 Å². The maximum absolute atomic E-state index is 5.79. The molecule has 10 heavy (non-hydrogen) atoms. The molecule has 1 heterocycles. The summed E-state index contributed by atoms with van der Waals surface area (Å²) in [6, 6.07) is 2.06. The third-order valence-corrected chi connectivity index (χ3v) is 1.77. The minimum absolute atomic E-state index is 0.633. The summed E-state index contributed by atoms with van der Waals surface area (Å²) < 4.78 is 0. The fourth-order valence-electron chi connectivity index (χ4n) is 0.861. The fraction of sp³-hybridized carbons (Fsp3) is 0.286. The van der Waals surface area contributed by atoms with E-state index in [9.17, 15) is 0 Å². The van der Waals surface area contributed by atoms with Crippen LogP contribution >= 0.6 is 11.6 Å². The van der Waals surface area contributed by atoms with Crippen molar-refractivity contribution in [3.05, 3.63) is 23.0 Å². The summed E-state index contributed by atoms with van der Waals surface area (Å²) in [5.41, 5.74) is 2.29. The Morgan fingerprint density at radius 1 is 1.60 bits per heavy atom. The highest BCUT2D eigenvalue weighted by atomic mass is 35.5. The van der Waals surface area contributed by atoms with Gasteiger partial charge in [-0.2, -0.15) is 0 Å². The van der Waals surface area contributed by atoms with Crippen LogP contribution in [0.4, 0.5) is 0 Å². The number of hydrogen-bond donors (Lipinski definition) is 0. The van der Waals surface area contributed by atoms with Crippen molar-refractivity contribution in [2.45, 2.75) is 13.7 Å². The first-order chi connectivity index (χ1) is 4.74. The molecule has 0 saturated heterocycles. The molecule has 0 unspecified atom stereocenters. The Labute approximate surface area is 66.7 Å². The second-order valence-electron chi connectivity index (χ2n) is 2.32. The van der Waals surface area contributed by atoms with Gasteiger partial charge in [0.25, 0.3) is 0 Å². The summed E-state index contributed by atoms with van der Waals surface area (Å²) in [6.07, 6.45) is 1.78. The molecule has 0 aliphatic carbocycles. The van der Waals surface area contributed by atoms with Crippen LogP contribution in [-0.4, -0.2) is 12.3 Å². The van der Waals surface area contributed by atoms with Crippen LogP contribution in [0.5, 0.6) is 0 Å². The summed E-state index contributed by atoms with van der Waals surface area (Å²) in [6.45, 7) is 4.09. The third kappa shape index (κ3) is 1.51. The van der Waals surface area contributed by atoms with Crippen LogP contribution in [0.15, 0.2) is 12.3 Å². The van der Waals surface area contributed by atoms with Crippen LogP contribution in [0.1, 0.15) is 5.56 Å². The second kappa shape index (κ2) is 3.06. The Kier molecular flexibility index (Phi) is 2.33. The molecule has 0 aromatic carbocycles. The molecular formula is C7H9BClN. The molecule has 0 atom stereocenters. The molecule has 0 aliphatic heterocycles. The maximum atomic E-state index is 5.79. The van der Waals surface area contributed by atoms with Gasteiger partial charge in [0.05, 0.1) is 0 Å². The van der Waals surface area contributed by atoms with Gasteiger partial charge < -0.3 is 0 Å². The largest absolute Gasteiger partial charge is 0.245 e. The van der Waals surface area contributed by atoms with Crippen molar-refractivity contribution in [2.75, 3.05) is 0 Å². The minimum Gasteiger partial charge on any atom is -0.245 e. The first-order valence-electron chi connectivity index (χ1n) is 3.35. The van der Waals surface area contributed by atoms with Crippen LogP contribution in [0.3, 0.4) is 0 Å². The summed E-state index contributed by atoms with van der Waals surface area (Å²) in [4.78, 5) is 4.01. The zero-order valence-electron chi connectivity index (χ0n) is 6.19. The van der Waals surface area contributed by atoms with Crippen molar-refractivity contribution >= 4 is 24.3 Å². The van der Waals surface area contributed by atoms with Gasteiger partial charge in [-0.3, -0.25) is 0 Å². The van der Waals surface area contributed by atoms with E-state index in [0.29, 0.717) is 5.15 Å². The Bertz CT molecular complexity index is 237. The highest BCUT2D eigenvalue weighted by Crippen LogP contribution is 2.00. The van der Waals surface area contributed by atoms with Crippen molar-refractivity contribution in [1.82, 2.24) is 4.98 Å². The van der Waals surface area contributed by atoms with Gasteiger partial charge >= 0.3 is 0 Å². The lowest BCUT2D eigenvalue weighted by molar-refractivity contribution is 1.29. The van der Waals surface area contributed by atoms with E-state index < -0.39 is 0 Å². The Balaban J connectivity index is 3.09. The van der Waals surface area contributed by atoms with E-state index in [2.05, 4.69) is 17.9 Å². The van der Waals surface area contributed by atoms with Crippen LogP contribution in [0.25, 0.3) is 0 Å². The second-order valence-corrected chi connectivity index (χ2v) is 2.67. The predicted molar refractivity (Wildman–Crippen MR) is 46.6 cm³/mol. The monoisotopic (exact) mass is 153 g/mol. The van der Waals surface area contributed by atoms with Crippen LogP contribution < -0.4 is 5.46 Å². The molecule has 0 fully saturated rings. The molecule has 1 aromatic rings. The predicted octanol–water partition coefficient (Wildman–Crippen LogP) is 1.15. The normalized spacial score (nSPS) is 9.50. The smallest absolute Gasteiger partial charge is 0.158 e. The van der Waals surface area contributed by atoms with E-state index in [1.807, 2.05) is 6.92 Å². The summed E-state index contributed by atoms with van der Waals surface area (Å²) in [7, 11) is 0.952. The Morgan fingerprint density at radius 3 is 2.80 bits per heavy atom. The highest BCUT2D eigenvalue weighted by Gasteiger charge is 1.98. The minimum atomic E-state index is 0.633. The molecule has 1 aromatic heterocycles. The third-order valence-electron chi connectivity index (χ3n) is 1.43. The maximum Gasteiger partial charge on any atom is 0.158 e. The quantitative estimate of drug-likeness (QED) is 0.436. The fourth-order valence-corrected chi connectivity index (χ4v) is 1.10. The molecular weight excluding hydrogens is 144 g/mol. The van der Waals surface area contributed by atoms with Gasteiger partial charge in [0.1, 0.15) is 5.15 Å². The topological polar surface area (TPSA) is 12.9 Å². The number of nitrogens with zero attached hydrogens (tertiary/aromatic N) is 1. The molecule has 0 spiro atoms. The molecule has 3 heteroatoms. The summed E-state index contributed by atoms with van der Waals surface area (Å²) >= 11 is 5.79. The van der Waals surface area contributed by atoms with Gasteiger partial charge in [-0.25, -0.2) is 4.98 Å². The van der Waals surface area contributed by atoms with Crippen LogP contribution in [-0.2, 0) is 0 Å². The zero-order chi connectivity index (χ0) is 7.56. The number of halogens is 1. The lowest BCUT2D eigenvalue weighted by atomic mass is 9.74. The van der Waals surface area contributed by atoms with Gasteiger partial charge in [0.2, 0.25) is 0 Å². The molecule has 52 valence electrons. The lowest BCUT2D eigenvalue weighted by Crippen LogP contribution is -2.13. The number of pyridine rings is 1. The van der Waals surface area contributed by atoms with Gasteiger partial charge in [-0.1, -0.05) is 24.5 Å². The van der Waals surface area contributed by atoms with Crippen molar-refractivity contribution in [2.24, 2.45) is 0 Å². The van der Waals surface area contributed by atoms with Crippen LogP contribution in [0, 0.1) is 6.92 Å². The van der Waals surface area contributed by atoms with E-state index >= 15 is 0 Å². The summed E-state index contributed by atoms with van der Waals surface area (Å²) in [5, 5.41) is 0.633. The zero-order valence-corrected chi connectivity index (χ0v) is 6.94. The van der Waals surface area contributed by atoms with E-state index in [0.717, 1.165) is 12.7 Å². The molecule has 0 bridgehead atoms. The van der Waals surface area contributed by atoms with Crippen LogP contribution in [0.2, 0.25) is 12.0 Å². The van der Waals surface area contributed by atoms with E-state index in [-0.39, 0.29) is 0 Å². The first-order valence-corrected chi connectivity index (χ1v) is 3.73. The number of hydrogen-bond acceptors (Lipinski definition) is 1. The molecule has 0 amide bonds. The SMILES string of the molecule is CBc1cc(C)cnc1Cl. The van der Waals surface area contributed by atoms with E-state index in [4.69, 9.17) is 11.6 Å². The van der Waals surface area contributed by atoms with E-state index in [1.165, 1.54) is 5.56 Å². The van der Waals surface area contributed by atoms with E-state index in [1.54, 1.807) is 6.20 Å². The molecule has 1 rings (SSSR count). The average Bonchev–Trinajstić information content (AvgIpc) is 1.94. The van der Waals surface area contributed by atoms with Gasteiger partial charge in [-0.05, 0) is 17.9 Å². The highest BCUT2D eigenvalue weighted by molar-refractivity contribution is 6.56. The Morgan fingerprint density at radius 2 is 2.30 bits per heavy atom. The molecule has 0 radical (unpaired) electrons. The number of rotatable bonds is 1. The van der Waals surface area contributed by atoms with Crippen molar-refractivity contribution in [3.63, 3.8) is 0 Å². The molecule has 0 N–H and O–H groups in total. The Hall–Kier alpha value is -0.495. The molecule has 0 saturated carbocycles. The lowest BCUT2D eigenvalue weighted by Gasteiger charge is -1.98. The average molecular weight is 153 g/mol. The summed E-state index contributed by atoms with van der Waals surface area (Å²) in [5.74, 6) is 0. The van der Waals surface area contributed by atoms with Crippen molar-refractivity contribution in [3.8, 4) is 0 Å². The van der Waals surface area contributed by atoms with Crippen molar-refractivity contribution in [1.29, 1.82) is 0 Å². The van der Waals surface area contributed by atoms with Gasteiger partial charge in [0, 0.05) is 6.20 Å². The molecule has 1 nitrogen and oxygen atoms in total.